The van der Waals surface area contributed by atoms with Crippen molar-refractivity contribution in [3.05, 3.63) is 0 Å². The van der Waals surface area contributed by atoms with Crippen LogP contribution in [0.3, 0.4) is 0 Å². The van der Waals surface area contributed by atoms with Gasteiger partial charge < -0.3 is 15.3 Å². The summed E-state index contributed by atoms with van der Waals surface area (Å²) in [5.41, 5.74) is 0. The molecule has 1 aliphatic rings. The van der Waals surface area contributed by atoms with Crippen LogP contribution < -0.4 is 5.32 Å². The van der Waals surface area contributed by atoms with Crippen molar-refractivity contribution in [1.29, 1.82) is 0 Å². The van der Waals surface area contributed by atoms with Crippen LogP contribution in [0.5, 0.6) is 0 Å². The Labute approximate surface area is 117 Å². The molecule has 1 heterocycles. The number of carboxylic acids is 1. The van der Waals surface area contributed by atoms with Gasteiger partial charge >= 0.3 is 5.97 Å². The van der Waals surface area contributed by atoms with Crippen LogP contribution in [0.1, 0.15) is 40.5 Å². The van der Waals surface area contributed by atoms with Crippen molar-refractivity contribution in [2.45, 2.75) is 46.6 Å². The average molecular weight is 270 g/mol. The highest BCUT2D eigenvalue weighted by Gasteiger charge is 2.31. The number of aliphatic carboxylic acids is 1. The summed E-state index contributed by atoms with van der Waals surface area (Å²) in [5.74, 6) is 0.412. The Balaban J connectivity index is 2.47. The maximum atomic E-state index is 11.3. The molecule has 1 saturated heterocycles. The van der Waals surface area contributed by atoms with E-state index in [1.807, 2.05) is 0 Å². The minimum absolute atomic E-state index is 0.218. The van der Waals surface area contributed by atoms with Crippen LogP contribution in [0.25, 0.3) is 0 Å². The van der Waals surface area contributed by atoms with Gasteiger partial charge in [-0.1, -0.05) is 27.7 Å². The van der Waals surface area contributed by atoms with Crippen LogP contribution >= 0.6 is 0 Å². The van der Waals surface area contributed by atoms with Gasteiger partial charge in [-0.3, -0.25) is 4.79 Å². The molecule has 112 valence electrons. The maximum Gasteiger partial charge on any atom is 0.307 e. The van der Waals surface area contributed by atoms with E-state index in [-0.39, 0.29) is 5.92 Å². The Bertz CT molecular complexity index is 279. The molecule has 2 N–H and O–H groups in total. The number of carbonyl (C=O) groups is 1. The summed E-state index contributed by atoms with van der Waals surface area (Å²) < 4.78 is 0. The van der Waals surface area contributed by atoms with Crippen LogP contribution in [0.2, 0.25) is 0 Å². The summed E-state index contributed by atoms with van der Waals surface area (Å²) in [6.07, 6.45) is 1.92. The minimum atomic E-state index is -0.649. The molecule has 4 nitrogen and oxygen atoms in total. The van der Waals surface area contributed by atoms with Crippen LogP contribution in [-0.2, 0) is 4.79 Å². The van der Waals surface area contributed by atoms with Crippen molar-refractivity contribution in [2.75, 3.05) is 26.2 Å². The second-order valence-corrected chi connectivity index (χ2v) is 6.72. The third-order valence-electron chi connectivity index (χ3n) is 3.65. The van der Waals surface area contributed by atoms with Crippen molar-refractivity contribution >= 4 is 5.97 Å². The summed E-state index contributed by atoms with van der Waals surface area (Å²) in [7, 11) is 0. The fourth-order valence-electron chi connectivity index (χ4n) is 2.76. The number of rotatable bonds is 7. The first-order valence-corrected chi connectivity index (χ1v) is 7.57. The van der Waals surface area contributed by atoms with E-state index in [9.17, 15) is 9.90 Å². The minimum Gasteiger partial charge on any atom is -0.481 e. The molecular formula is C15H30N2O2. The molecule has 19 heavy (non-hydrogen) atoms. The SMILES string of the molecule is CC(C)CCNC1CC(C(=O)O)CN(CC(C)C)C1. The maximum absolute atomic E-state index is 11.3. The third-order valence-corrected chi connectivity index (χ3v) is 3.65. The standard InChI is InChI=1S/C15H30N2O2/c1-11(2)5-6-16-14-7-13(15(18)19)9-17(10-14)8-12(3)4/h11-14,16H,5-10H2,1-4H3,(H,18,19). The topological polar surface area (TPSA) is 52.6 Å². The zero-order chi connectivity index (χ0) is 14.4. The molecule has 0 aromatic carbocycles. The van der Waals surface area contributed by atoms with E-state index < -0.39 is 5.97 Å². The van der Waals surface area contributed by atoms with E-state index >= 15 is 0 Å². The lowest BCUT2D eigenvalue weighted by Crippen LogP contribution is -2.52. The molecule has 1 fully saturated rings. The highest BCUT2D eigenvalue weighted by molar-refractivity contribution is 5.70. The van der Waals surface area contributed by atoms with Gasteiger partial charge in [0.2, 0.25) is 0 Å². The Morgan fingerprint density at radius 2 is 1.95 bits per heavy atom. The van der Waals surface area contributed by atoms with Gasteiger partial charge in [-0.15, -0.1) is 0 Å². The van der Waals surface area contributed by atoms with Gasteiger partial charge in [0, 0.05) is 25.7 Å². The summed E-state index contributed by atoms with van der Waals surface area (Å²) in [6.45, 7) is 12.5. The number of nitrogens with one attached hydrogen (secondary N) is 1. The van der Waals surface area contributed by atoms with Crippen LogP contribution in [0.4, 0.5) is 0 Å². The number of hydrogen-bond donors (Lipinski definition) is 2. The lowest BCUT2D eigenvalue weighted by atomic mass is 9.93. The van der Waals surface area contributed by atoms with E-state index in [1.165, 1.54) is 0 Å². The number of likely N-dealkylation sites (tertiary alicyclic amines) is 1. The first kappa shape index (κ1) is 16.4. The second kappa shape index (κ2) is 7.85. The van der Waals surface area contributed by atoms with Gasteiger partial charge in [0.15, 0.2) is 0 Å². The van der Waals surface area contributed by atoms with E-state index in [1.54, 1.807) is 0 Å². The van der Waals surface area contributed by atoms with Crippen LogP contribution in [0.15, 0.2) is 0 Å². The fraction of sp³-hybridized carbons (Fsp3) is 0.933. The highest BCUT2D eigenvalue weighted by atomic mass is 16.4. The highest BCUT2D eigenvalue weighted by Crippen LogP contribution is 2.18. The van der Waals surface area contributed by atoms with Gasteiger partial charge in [0.1, 0.15) is 0 Å². The van der Waals surface area contributed by atoms with Gasteiger partial charge in [-0.25, -0.2) is 0 Å². The normalized spacial score (nSPS) is 25.2. The Hall–Kier alpha value is -0.610. The second-order valence-electron chi connectivity index (χ2n) is 6.72. The Morgan fingerprint density at radius 1 is 1.26 bits per heavy atom. The molecule has 4 heteroatoms. The molecule has 0 spiro atoms. The molecule has 0 radical (unpaired) electrons. The average Bonchev–Trinajstić information content (AvgIpc) is 2.27. The first-order valence-electron chi connectivity index (χ1n) is 7.57. The molecule has 0 saturated carbocycles. The summed E-state index contributed by atoms with van der Waals surface area (Å²) >= 11 is 0. The van der Waals surface area contributed by atoms with Crippen molar-refractivity contribution in [3.8, 4) is 0 Å². The molecule has 2 atom stereocenters. The lowest BCUT2D eigenvalue weighted by molar-refractivity contribution is -0.144. The molecule has 0 aromatic rings. The zero-order valence-electron chi connectivity index (χ0n) is 12.9. The molecule has 1 rings (SSSR count). The quantitative estimate of drug-likeness (QED) is 0.743. The van der Waals surface area contributed by atoms with Crippen molar-refractivity contribution in [3.63, 3.8) is 0 Å². The predicted molar refractivity (Wildman–Crippen MR) is 78.3 cm³/mol. The summed E-state index contributed by atoms with van der Waals surface area (Å²) in [5, 5.41) is 12.8. The van der Waals surface area contributed by atoms with E-state index in [0.717, 1.165) is 32.5 Å². The fourth-order valence-corrected chi connectivity index (χ4v) is 2.76. The molecule has 0 amide bonds. The summed E-state index contributed by atoms with van der Waals surface area (Å²) in [4.78, 5) is 13.6. The number of hydrogen-bond acceptors (Lipinski definition) is 3. The monoisotopic (exact) mass is 270 g/mol. The molecule has 2 unspecified atom stereocenters. The van der Waals surface area contributed by atoms with Gasteiger partial charge in [0.25, 0.3) is 0 Å². The van der Waals surface area contributed by atoms with E-state index in [2.05, 4.69) is 37.9 Å². The zero-order valence-corrected chi connectivity index (χ0v) is 12.9. The number of nitrogens with zero attached hydrogens (tertiary/aromatic N) is 1. The van der Waals surface area contributed by atoms with Gasteiger partial charge in [-0.05, 0) is 31.2 Å². The largest absolute Gasteiger partial charge is 0.481 e. The van der Waals surface area contributed by atoms with Gasteiger partial charge in [-0.2, -0.15) is 0 Å². The lowest BCUT2D eigenvalue weighted by Gasteiger charge is -2.37. The van der Waals surface area contributed by atoms with Gasteiger partial charge in [0.05, 0.1) is 5.92 Å². The van der Waals surface area contributed by atoms with Crippen molar-refractivity contribution in [2.24, 2.45) is 17.8 Å². The first-order chi connectivity index (χ1) is 8.88. The van der Waals surface area contributed by atoms with Crippen molar-refractivity contribution < 1.29 is 9.90 Å². The molecule has 0 bridgehead atoms. The summed E-state index contributed by atoms with van der Waals surface area (Å²) in [6, 6.07) is 0.326. The molecular weight excluding hydrogens is 240 g/mol. The molecule has 0 aromatic heterocycles. The Morgan fingerprint density at radius 3 is 2.47 bits per heavy atom. The van der Waals surface area contributed by atoms with E-state index in [4.69, 9.17) is 0 Å². The van der Waals surface area contributed by atoms with E-state index in [0.29, 0.717) is 24.4 Å². The smallest absolute Gasteiger partial charge is 0.307 e. The van der Waals surface area contributed by atoms with Crippen LogP contribution in [0, 0.1) is 17.8 Å². The van der Waals surface area contributed by atoms with Crippen LogP contribution in [-0.4, -0.2) is 48.2 Å². The molecule has 0 aliphatic carbocycles. The molecule has 1 aliphatic heterocycles. The predicted octanol–water partition coefficient (Wildman–Crippen LogP) is 2.05. The van der Waals surface area contributed by atoms with Crippen molar-refractivity contribution in [1.82, 2.24) is 10.2 Å². The Kier molecular flexibility index (Phi) is 6.80. The number of carboxylic acid groups (broad SMARTS) is 1. The number of piperidine rings is 1. The third kappa shape index (κ3) is 6.39.